The smallest absolute Gasteiger partial charge is 0.351 e. The van der Waals surface area contributed by atoms with Crippen LogP contribution in [0, 0.1) is 0 Å². The van der Waals surface area contributed by atoms with Gasteiger partial charge in [-0.3, -0.25) is 4.79 Å². The van der Waals surface area contributed by atoms with Crippen LogP contribution in [0.25, 0.3) is 10.4 Å². The highest BCUT2D eigenvalue weighted by atomic mass is 79.9. The van der Waals surface area contributed by atoms with Gasteiger partial charge in [0.05, 0.1) is 35.0 Å². The number of methoxy groups -OCH3 is 1. The number of rotatable bonds is 10. The molecule has 2 N–H and O–H groups in total. The summed E-state index contributed by atoms with van der Waals surface area (Å²) in [5.41, 5.74) is 2.53. The summed E-state index contributed by atoms with van der Waals surface area (Å²) in [6, 6.07) is 12.0. The summed E-state index contributed by atoms with van der Waals surface area (Å²) in [6.45, 7) is 4.81. The van der Waals surface area contributed by atoms with E-state index < -0.39 is 11.9 Å². The van der Waals surface area contributed by atoms with Crippen LogP contribution < -0.4 is 20.3 Å². The van der Waals surface area contributed by atoms with Gasteiger partial charge in [0.2, 0.25) is 5.91 Å². The van der Waals surface area contributed by atoms with Crippen LogP contribution in [0.5, 0.6) is 5.75 Å². The van der Waals surface area contributed by atoms with Crippen LogP contribution >= 0.6 is 27.3 Å². The highest BCUT2D eigenvalue weighted by molar-refractivity contribution is 9.10. The van der Waals surface area contributed by atoms with E-state index in [1.54, 1.807) is 13.1 Å². The molecule has 4 rings (SSSR count). The minimum absolute atomic E-state index is 0.122. The summed E-state index contributed by atoms with van der Waals surface area (Å²) in [5, 5.41) is 6.37. The molecular formula is C28H31BrN4O6S. The van der Waals surface area contributed by atoms with Crippen molar-refractivity contribution in [2.24, 2.45) is 0 Å². The van der Waals surface area contributed by atoms with E-state index in [2.05, 4.69) is 36.4 Å². The number of piperidine rings is 1. The molecule has 0 unspecified atom stereocenters. The molecule has 3 aromatic rings. The second-order valence-electron chi connectivity index (χ2n) is 9.06. The molecule has 40 heavy (non-hydrogen) atoms. The van der Waals surface area contributed by atoms with Crippen molar-refractivity contribution in [2.75, 3.05) is 48.9 Å². The van der Waals surface area contributed by atoms with Gasteiger partial charge in [-0.2, -0.15) is 0 Å². The largest absolute Gasteiger partial charge is 0.479 e. The Hall–Kier alpha value is -3.64. The molecule has 1 saturated heterocycles. The molecule has 0 radical (unpaired) electrons. The highest BCUT2D eigenvalue weighted by Crippen LogP contribution is 2.46. The average molecular weight is 632 g/mol. The van der Waals surface area contributed by atoms with Gasteiger partial charge in [0, 0.05) is 31.7 Å². The summed E-state index contributed by atoms with van der Waals surface area (Å²) in [7, 11) is 1.30. The van der Waals surface area contributed by atoms with E-state index >= 15 is 0 Å². The number of ether oxygens (including phenoxy) is 3. The zero-order valence-electron chi connectivity index (χ0n) is 22.5. The van der Waals surface area contributed by atoms with Gasteiger partial charge in [-0.15, -0.1) is 11.3 Å². The topological polar surface area (TPSA) is 119 Å². The molecule has 0 atom stereocenters. The Labute approximate surface area is 245 Å². The summed E-state index contributed by atoms with van der Waals surface area (Å²) < 4.78 is 16.1. The molecule has 0 aliphatic carbocycles. The number of amides is 1. The lowest BCUT2D eigenvalue weighted by Gasteiger charge is -2.33. The number of benzene rings is 1. The lowest BCUT2D eigenvalue weighted by atomic mass is 10.0. The van der Waals surface area contributed by atoms with Crippen LogP contribution in [0.15, 0.2) is 47.1 Å². The number of anilines is 3. The van der Waals surface area contributed by atoms with Crippen molar-refractivity contribution in [3.05, 3.63) is 51.9 Å². The first-order chi connectivity index (χ1) is 19.3. The van der Waals surface area contributed by atoms with E-state index in [1.165, 1.54) is 25.4 Å². The van der Waals surface area contributed by atoms with E-state index in [1.807, 2.05) is 36.4 Å². The number of aromatic nitrogens is 1. The zero-order chi connectivity index (χ0) is 28.6. The van der Waals surface area contributed by atoms with Crippen LogP contribution in [0.3, 0.4) is 0 Å². The van der Waals surface area contributed by atoms with Crippen LogP contribution in [0.1, 0.15) is 36.4 Å². The van der Waals surface area contributed by atoms with E-state index in [-0.39, 0.29) is 35.8 Å². The zero-order valence-corrected chi connectivity index (χ0v) is 24.9. The number of esters is 2. The number of hydrogen-bond donors (Lipinski definition) is 2. The SMILES string of the molecule is CCOC(=O)COc1c(C(=O)OC)sc(-c2cccc(NC3CCN(c4ccc(NC(C)=O)cn4)CC3)c2)c1Br. The molecule has 10 nitrogen and oxygen atoms in total. The summed E-state index contributed by atoms with van der Waals surface area (Å²) in [4.78, 5) is 43.3. The molecule has 1 aliphatic rings. The number of nitrogens with one attached hydrogen (secondary N) is 2. The number of carbonyl (C=O) groups excluding carboxylic acids is 3. The first-order valence-corrected chi connectivity index (χ1v) is 14.4. The molecule has 212 valence electrons. The molecule has 1 aliphatic heterocycles. The van der Waals surface area contributed by atoms with Crippen molar-refractivity contribution in [2.45, 2.75) is 32.7 Å². The maximum atomic E-state index is 12.5. The van der Waals surface area contributed by atoms with Crippen LogP contribution in [0.4, 0.5) is 17.2 Å². The number of pyridine rings is 1. The van der Waals surface area contributed by atoms with E-state index in [4.69, 9.17) is 14.2 Å². The Bertz CT molecular complexity index is 1360. The summed E-state index contributed by atoms with van der Waals surface area (Å²) in [6.07, 6.45) is 3.54. The third-order valence-corrected chi connectivity index (χ3v) is 8.42. The fourth-order valence-electron chi connectivity index (χ4n) is 4.36. The van der Waals surface area contributed by atoms with Crippen LogP contribution in [-0.2, 0) is 19.1 Å². The lowest BCUT2D eigenvalue weighted by molar-refractivity contribution is -0.145. The first-order valence-electron chi connectivity index (χ1n) is 12.8. The van der Waals surface area contributed by atoms with Crippen LogP contribution in [-0.4, -0.2) is 62.3 Å². The molecule has 2 aromatic heterocycles. The highest BCUT2D eigenvalue weighted by Gasteiger charge is 2.26. The second kappa shape index (κ2) is 13.6. The molecule has 0 saturated carbocycles. The third-order valence-electron chi connectivity index (χ3n) is 6.20. The maximum absolute atomic E-state index is 12.5. The number of halogens is 1. The van der Waals surface area contributed by atoms with Gasteiger partial charge >= 0.3 is 11.9 Å². The Morgan fingerprint density at radius 1 is 1.15 bits per heavy atom. The maximum Gasteiger partial charge on any atom is 0.351 e. The minimum atomic E-state index is -0.545. The van der Waals surface area contributed by atoms with Gasteiger partial charge < -0.3 is 29.7 Å². The number of hydrogen-bond acceptors (Lipinski definition) is 10. The van der Waals surface area contributed by atoms with Crippen molar-refractivity contribution in [3.63, 3.8) is 0 Å². The molecule has 0 bridgehead atoms. The normalized spacial score (nSPS) is 13.4. The van der Waals surface area contributed by atoms with Crippen molar-refractivity contribution < 1.29 is 28.6 Å². The number of thiophene rings is 1. The third kappa shape index (κ3) is 7.30. The number of nitrogens with zero attached hydrogens (tertiary/aromatic N) is 2. The fraction of sp³-hybridized carbons (Fsp3) is 0.357. The van der Waals surface area contributed by atoms with Gasteiger partial charge in [0.1, 0.15) is 5.82 Å². The Morgan fingerprint density at radius 2 is 1.93 bits per heavy atom. The van der Waals surface area contributed by atoms with Crippen molar-refractivity contribution in [1.29, 1.82) is 0 Å². The second-order valence-corrected chi connectivity index (χ2v) is 10.9. The molecule has 1 amide bonds. The molecule has 1 aromatic carbocycles. The molecule has 1 fully saturated rings. The Morgan fingerprint density at radius 3 is 2.58 bits per heavy atom. The van der Waals surface area contributed by atoms with Gasteiger partial charge in [0.15, 0.2) is 17.2 Å². The standard InChI is InChI=1S/C28H31BrN4O6S/c1-4-38-23(35)16-39-25-24(29)26(40-27(25)28(36)37-3)18-6-5-7-20(14-18)32-19-10-12-33(13-11-19)22-9-8-21(15-30-22)31-17(2)34/h5-9,14-15,19,32H,4,10-13,16H2,1-3H3,(H,31,34). The van der Waals surface area contributed by atoms with E-state index in [9.17, 15) is 14.4 Å². The average Bonchev–Trinajstić information content (AvgIpc) is 3.28. The predicted octanol–water partition coefficient (Wildman–Crippen LogP) is 5.34. The quantitative estimate of drug-likeness (QED) is 0.286. The van der Waals surface area contributed by atoms with Crippen molar-refractivity contribution >= 4 is 62.3 Å². The van der Waals surface area contributed by atoms with Gasteiger partial charge in [-0.1, -0.05) is 12.1 Å². The minimum Gasteiger partial charge on any atom is -0.479 e. The predicted molar refractivity (Wildman–Crippen MR) is 158 cm³/mol. The van der Waals surface area contributed by atoms with E-state index in [0.717, 1.165) is 47.9 Å². The molecule has 0 spiro atoms. The number of carbonyl (C=O) groups is 3. The van der Waals surface area contributed by atoms with Crippen LogP contribution in [0.2, 0.25) is 0 Å². The van der Waals surface area contributed by atoms with Crippen molar-refractivity contribution in [1.82, 2.24) is 4.98 Å². The summed E-state index contributed by atoms with van der Waals surface area (Å²) in [5.74, 6) is -0.0449. The lowest BCUT2D eigenvalue weighted by Crippen LogP contribution is -2.39. The van der Waals surface area contributed by atoms with E-state index in [0.29, 0.717) is 10.2 Å². The molecule has 3 heterocycles. The van der Waals surface area contributed by atoms with Gasteiger partial charge in [-0.05, 0) is 65.5 Å². The van der Waals surface area contributed by atoms with Crippen molar-refractivity contribution in [3.8, 4) is 16.2 Å². The first kappa shape index (κ1) is 29.3. The monoisotopic (exact) mass is 630 g/mol. The van der Waals surface area contributed by atoms with Gasteiger partial charge in [0.25, 0.3) is 0 Å². The Balaban J connectivity index is 1.43. The van der Waals surface area contributed by atoms with Gasteiger partial charge in [-0.25, -0.2) is 14.6 Å². The molecule has 12 heteroatoms. The fourth-order valence-corrected chi connectivity index (χ4v) is 6.33. The summed E-state index contributed by atoms with van der Waals surface area (Å²) >= 11 is 4.80. The Kier molecular flexibility index (Phi) is 9.99. The molecular weight excluding hydrogens is 600 g/mol.